The van der Waals surface area contributed by atoms with Crippen molar-refractivity contribution in [3.05, 3.63) is 90.5 Å². The van der Waals surface area contributed by atoms with Crippen molar-refractivity contribution in [1.82, 2.24) is 9.80 Å². The Morgan fingerprint density at radius 1 is 0.857 bits per heavy atom. The van der Waals surface area contributed by atoms with Gasteiger partial charge in [0.2, 0.25) is 17.7 Å². The fourth-order valence-electron chi connectivity index (χ4n) is 8.02. The number of hydrogen-bond acceptors (Lipinski definition) is 5. The number of carbonyl (C=O) groups is 3. The first kappa shape index (κ1) is 27.1. The largest absolute Gasteiger partial charge is 0.394 e. The standard InChI is InChI=1S/C34H37N3O5/c38-22-26(23-12-4-1-5-13-23)37-30-33(41)36(25-16-8-3-9-17-25)21-11-19-34(30)29(32(37)40)28-27(42-34)18-10-20-35(31(28)39)24-14-6-2-7-15-24/h1-2,4-7,10-15,18-19,25-30,38H,3,8-9,16-17,20-22H2/t26-,27+,28-,29+,30?,34+/m1/s1. The first-order valence-electron chi connectivity index (χ1n) is 15.2. The zero-order valence-corrected chi connectivity index (χ0v) is 23.6. The van der Waals surface area contributed by atoms with E-state index >= 15 is 0 Å². The number of ether oxygens (including phenoxy) is 1. The Bertz CT molecular complexity index is 1400. The fourth-order valence-corrected chi connectivity index (χ4v) is 8.02. The van der Waals surface area contributed by atoms with E-state index in [1.807, 2.05) is 89.9 Å². The third kappa shape index (κ3) is 4.14. The predicted octanol–water partition coefficient (Wildman–Crippen LogP) is 3.63. The van der Waals surface area contributed by atoms with Crippen molar-refractivity contribution >= 4 is 23.4 Å². The topological polar surface area (TPSA) is 90.4 Å². The third-order valence-corrected chi connectivity index (χ3v) is 9.90. The quantitative estimate of drug-likeness (QED) is 0.558. The van der Waals surface area contributed by atoms with E-state index in [0.717, 1.165) is 43.4 Å². The van der Waals surface area contributed by atoms with Crippen LogP contribution in [0.15, 0.2) is 85.0 Å². The maximum Gasteiger partial charge on any atom is 0.249 e. The lowest BCUT2D eigenvalue weighted by atomic mass is 9.77. The number of anilines is 1. The van der Waals surface area contributed by atoms with E-state index in [-0.39, 0.29) is 30.4 Å². The summed E-state index contributed by atoms with van der Waals surface area (Å²) in [4.78, 5) is 49.0. The van der Waals surface area contributed by atoms with Crippen molar-refractivity contribution in [3.8, 4) is 0 Å². The Morgan fingerprint density at radius 3 is 2.29 bits per heavy atom. The molecule has 5 aliphatic rings. The second-order valence-electron chi connectivity index (χ2n) is 12.1. The average molecular weight is 568 g/mol. The number of likely N-dealkylation sites (tertiary alicyclic amines) is 1. The molecule has 0 bridgehead atoms. The van der Waals surface area contributed by atoms with E-state index in [1.54, 1.807) is 9.80 Å². The van der Waals surface area contributed by atoms with Crippen LogP contribution in [0.2, 0.25) is 0 Å². The Labute approximate surface area is 246 Å². The summed E-state index contributed by atoms with van der Waals surface area (Å²) in [5, 5.41) is 10.7. The number of benzene rings is 2. The number of nitrogens with zero attached hydrogens (tertiary/aromatic N) is 3. The van der Waals surface area contributed by atoms with E-state index in [1.165, 1.54) is 0 Å². The number of rotatable bonds is 5. The van der Waals surface area contributed by atoms with Crippen molar-refractivity contribution < 1.29 is 24.2 Å². The molecule has 1 spiro atoms. The number of hydrogen-bond donors (Lipinski definition) is 1. The maximum absolute atomic E-state index is 14.8. The van der Waals surface area contributed by atoms with E-state index in [2.05, 4.69) is 0 Å². The highest BCUT2D eigenvalue weighted by Gasteiger charge is 2.72. The smallest absolute Gasteiger partial charge is 0.249 e. The molecule has 2 saturated heterocycles. The Morgan fingerprint density at radius 2 is 1.57 bits per heavy atom. The molecule has 1 unspecified atom stereocenters. The van der Waals surface area contributed by atoms with Crippen molar-refractivity contribution in [2.45, 2.75) is 61.9 Å². The molecule has 218 valence electrons. The molecule has 0 radical (unpaired) electrons. The van der Waals surface area contributed by atoms with Gasteiger partial charge in [0, 0.05) is 24.8 Å². The van der Waals surface area contributed by atoms with Gasteiger partial charge < -0.3 is 24.5 Å². The van der Waals surface area contributed by atoms with Gasteiger partial charge in [-0.15, -0.1) is 0 Å². The van der Waals surface area contributed by atoms with Gasteiger partial charge in [-0.1, -0.05) is 92.1 Å². The summed E-state index contributed by atoms with van der Waals surface area (Å²) in [5.41, 5.74) is 0.166. The van der Waals surface area contributed by atoms with Gasteiger partial charge in [0.05, 0.1) is 30.6 Å². The fraction of sp³-hybridized carbons (Fsp3) is 0.441. The number of aliphatic hydroxyl groups is 1. The van der Waals surface area contributed by atoms with Crippen LogP contribution in [0.25, 0.3) is 0 Å². The number of aliphatic hydroxyl groups excluding tert-OH is 1. The van der Waals surface area contributed by atoms with Gasteiger partial charge in [-0.2, -0.15) is 0 Å². The lowest BCUT2D eigenvalue weighted by Crippen LogP contribution is -2.58. The van der Waals surface area contributed by atoms with Crippen LogP contribution in [0.3, 0.4) is 0 Å². The van der Waals surface area contributed by atoms with Gasteiger partial charge in [0.15, 0.2) is 0 Å². The van der Waals surface area contributed by atoms with Gasteiger partial charge in [0.25, 0.3) is 0 Å². The number of para-hydroxylation sites is 1. The average Bonchev–Trinajstić information content (AvgIpc) is 3.34. The second kappa shape index (κ2) is 10.8. The molecule has 8 heteroatoms. The highest BCUT2D eigenvalue weighted by molar-refractivity contribution is 6.04. The highest BCUT2D eigenvalue weighted by atomic mass is 16.5. The predicted molar refractivity (Wildman–Crippen MR) is 157 cm³/mol. The second-order valence-corrected chi connectivity index (χ2v) is 12.1. The van der Waals surface area contributed by atoms with E-state index in [0.29, 0.717) is 13.1 Å². The van der Waals surface area contributed by atoms with Crippen LogP contribution in [-0.4, -0.2) is 76.1 Å². The summed E-state index contributed by atoms with van der Waals surface area (Å²) in [5.74, 6) is -2.39. The lowest BCUT2D eigenvalue weighted by Gasteiger charge is -2.41. The third-order valence-electron chi connectivity index (χ3n) is 9.90. The molecule has 1 saturated carbocycles. The van der Waals surface area contributed by atoms with Gasteiger partial charge in [-0.25, -0.2) is 0 Å². The minimum atomic E-state index is -1.32. The molecule has 4 aliphatic heterocycles. The van der Waals surface area contributed by atoms with Gasteiger partial charge in [0.1, 0.15) is 11.6 Å². The SMILES string of the molecule is O=C1[C@@H]2[C@H](C=CCN1c1ccccc1)O[C@]13C=CCN(C4CCCCC4)C(=O)C1N([C@H](CO)c1ccccc1)C(=O)[C@H]23. The molecule has 1 N–H and O–H groups in total. The molecule has 42 heavy (non-hydrogen) atoms. The normalized spacial score (nSPS) is 31.9. The van der Waals surface area contributed by atoms with Crippen LogP contribution in [0.4, 0.5) is 5.69 Å². The van der Waals surface area contributed by atoms with E-state index in [9.17, 15) is 19.5 Å². The summed E-state index contributed by atoms with van der Waals surface area (Å²) in [6.07, 6.45) is 12.2. The summed E-state index contributed by atoms with van der Waals surface area (Å²) >= 11 is 0. The van der Waals surface area contributed by atoms with Crippen LogP contribution < -0.4 is 4.90 Å². The molecule has 7 rings (SSSR count). The van der Waals surface area contributed by atoms with Crippen molar-refractivity contribution in [3.63, 3.8) is 0 Å². The molecule has 0 aromatic heterocycles. The molecule has 2 aromatic carbocycles. The van der Waals surface area contributed by atoms with Crippen molar-refractivity contribution in [2.24, 2.45) is 11.8 Å². The molecule has 6 atom stereocenters. The van der Waals surface area contributed by atoms with Gasteiger partial charge in [-0.05, 0) is 30.5 Å². The molecule has 2 aromatic rings. The number of carbonyl (C=O) groups excluding carboxylic acids is 3. The maximum atomic E-state index is 14.8. The summed E-state index contributed by atoms with van der Waals surface area (Å²) < 4.78 is 6.82. The minimum absolute atomic E-state index is 0.0911. The molecule has 4 heterocycles. The molecular weight excluding hydrogens is 530 g/mol. The molecular formula is C34H37N3O5. The van der Waals surface area contributed by atoms with E-state index < -0.39 is 35.6 Å². The van der Waals surface area contributed by atoms with Crippen LogP contribution in [-0.2, 0) is 19.1 Å². The Balaban J connectivity index is 1.35. The summed E-state index contributed by atoms with van der Waals surface area (Å²) in [6, 6.07) is 17.1. The van der Waals surface area contributed by atoms with E-state index in [4.69, 9.17) is 4.74 Å². The lowest BCUT2D eigenvalue weighted by molar-refractivity contribution is -0.152. The first-order chi connectivity index (χ1) is 20.5. The van der Waals surface area contributed by atoms with Gasteiger partial charge >= 0.3 is 0 Å². The number of amides is 3. The molecule has 8 nitrogen and oxygen atoms in total. The first-order valence-corrected chi connectivity index (χ1v) is 15.2. The van der Waals surface area contributed by atoms with Crippen LogP contribution in [0, 0.1) is 11.8 Å². The summed E-state index contributed by atoms with van der Waals surface area (Å²) in [7, 11) is 0. The zero-order valence-electron chi connectivity index (χ0n) is 23.6. The summed E-state index contributed by atoms with van der Waals surface area (Å²) in [6.45, 7) is 0.450. The van der Waals surface area contributed by atoms with Crippen molar-refractivity contribution in [1.29, 1.82) is 0 Å². The minimum Gasteiger partial charge on any atom is -0.394 e. The van der Waals surface area contributed by atoms with Crippen LogP contribution >= 0.6 is 0 Å². The Hall–Kier alpha value is -3.75. The van der Waals surface area contributed by atoms with Gasteiger partial charge in [-0.3, -0.25) is 14.4 Å². The molecule has 3 amide bonds. The highest BCUT2D eigenvalue weighted by Crippen LogP contribution is 2.55. The zero-order chi connectivity index (χ0) is 28.8. The molecule has 3 fully saturated rings. The molecule has 1 aliphatic carbocycles. The monoisotopic (exact) mass is 567 g/mol. The number of fused-ring (bicyclic) bond motifs is 2. The van der Waals surface area contributed by atoms with Crippen LogP contribution in [0.1, 0.15) is 43.7 Å². The van der Waals surface area contributed by atoms with Crippen LogP contribution in [0.5, 0.6) is 0 Å². The Kier molecular flexibility index (Phi) is 6.98. The van der Waals surface area contributed by atoms with Crippen molar-refractivity contribution in [2.75, 3.05) is 24.6 Å².